The summed E-state index contributed by atoms with van der Waals surface area (Å²) in [6.45, 7) is 10.4. The maximum Gasteiger partial charge on any atom is 0.191 e. The van der Waals surface area contributed by atoms with E-state index in [0.29, 0.717) is 6.54 Å². The summed E-state index contributed by atoms with van der Waals surface area (Å²) in [5, 5.41) is 11.3. The Balaban J connectivity index is 0.00000392. The fourth-order valence-corrected chi connectivity index (χ4v) is 3.33. The molecule has 0 saturated carbocycles. The Hall–Kier alpha value is -1.64. The molecule has 0 aliphatic carbocycles. The number of halogens is 2. The molecule has 156 valence electrons. The molecule has 1 heterocycles. The first-order valence-corrected chi connectivity index (χ1v) is 9.80. The summed E-state index contributed by atoms with van der Waals surface area (Å²) in [6, 6.07) is 4.95. The number of aromatic nitrogens is 2. The van der Waals surface area contributed by atoms with Crippen molar-refractivity contribution in [2.75, 3.05) is 13.1 Å². The normalized spacial score (nSPS) is 11.3. The molecule has 2 rings (SSSR count). The monoisotopic (exact) mass is 501 g/mol. The SMILES string of the molecule is CCNC(=NCc1c(CC)nn(C)c1CC)NCCc1ccc(F)cc1C.I. The molecule has 5 nitrogen and oxygen atoms in total. The molecule has 0 spiro atoms. The third kappa shape index (κ3) is 6.46. The van der Waals surface area contributed by atoms with Crippen molar-refractivity contribution in [3.05, 3.63) is 52.1 Å². The largest absolute Gasteiger partial charge is 0.357 e. The smallest absolute Gasteiger partial charge is 0.191 e. The zero-order chi connectivity index (χ0) is 19.8. The van der Waals surface area contributed by atoms with Gasteiger partial charge in [-0.05, 0) is 56.4 Å². The minimum atomic E-state index is -0.186. The molecule has 0 amide bonds. The van der Waals surface area contributed by atoms with Gasteiger partial charge in [0.2, 0.25) is 0 Å². The molecule has 0 saturated heterocycles. The Morgan fingerprint density at radius 1 is 1.18 bits per heavy atom. The summed E-state index contributed by atoms with van der Waals surface area (Å²) in [5.74, 6) is 0.610. The number of guanidine groups is 1. The van der Waals surface area contributed by atoms with E-state index in [2.05, 4.69) is 36.5 Å². The van der Waals surface area contributed by atoms with Gasteiger partial charge in [-0.2, -0.15) is 5.10 Å². The molecule has 0 bridgehead atoms. The number of benzene rings is 1. The lowest BCUT2D eigenvalue weighted by molar-refractivity contribution is 0.625. The van der Waals surface area contributed by atoms with Crippen LogP contribution < -0.4 is 10.6 Å². The van der Waals surface area contributed by atoms with E-state index in [1.54, 1.807) is 6.07 Å². The van der Waals surface area contributed by atoms with Gasteiger partial charge >= 0.3 is 0 Å². The number of nitrogens with one attached hydrogen (secondary N) is 2. The average molecular weight is 501 g/mol. The van der Waals surface area contributed by atoms with Crippen LogP contribution in [0.15, 0.2) is 23.2 Å². The number of aliphatic imine (C=N–C) groups is 1. The predicted octanol–water partition coefficient (Wildman–Crippen LogP) is 3.91. The van der Waals surface area contributed by atoms with E-state index < -0.39 is 0 Å². The minimum Gasteiger partial charge on any atom is -0.357 e. The molecule has 0 unspecified atom stereocenters. The van der Waals surface area contributed by atoms with Crippen LogP contribution in [0.2, 0.25) is 0 Å². The van der Waals surface area contributed by atoms with Gasteiger partial charge in [0.1, 0.15) is 5.82 Å². The van der Waals surface area contributed by atoms with Gasteiger partial charge in [0.25, 0.3) is 0 Å². The lowest BCUT2D eigenvalue weighted by Gasteiger charge is -2.12. The van der Waals surface area contributed by atoms with Crippen LogP contribution in [-0.2, 0) is 32.9 Å². The molecule has 0 radical (unpaired) electrons. The van der Waals surface area contributed by atoms with Gasteiger partial charge in [-0.25, -0.2) is 9.38 Å². The predicted molar refractivity (Wildman–Crippen MR) is 125 cm³/mol. The number of hydrogen-bond acceptors (Lipinski definition) is 2. The standard InChI is InChI=1S/C21H32FN5.HI/c1-6-19-18(20(7-2)27(5)26-19)14-25-21(23-8-3)24-12-11-16-9-10-17(22)13-15(16)4;/h9-10,13H,6-8,11-12,14H2,1-5H3,(H2,23,24,25);1H. The van der Waals surface area contributed by atoms with Crippen molar-refractivity contribution in [3.8, 4) is 0 Å². The van der Waals surface area contributed by atoms with Gasteiger partial charge < -0.3 is 10.6 Å². The molecule has 0 atom stereocenters. The van der Waals surface area contributed by atoms with Gasteiger partial charge in [0.05, 0.1) is 12.2 Å². The maximum absolute atomic E-state index is 13.2. The van der Waals surface area contributed by atoms with Crippen molar-refractivity contribution in [1.82, 2.24) is 20.4 Å². The van der Waals surface area contributed by atoms with Crippen molar-refractivity contribution in [2.45, 2.75) is 53.5 Å². The van der Waals surface area contributed by atoms with Gasteiger partial charge in [-0.15, -0.1) is 24.0 Å². The van der Waals surface area contributed by atoms with Crippen LogP contribution in [0, 0.1) is 12.7 Å². The second-order valence-electron chi connectivity index (χ2n) is 6.65. The fourth-order valence-electron chi connectivity index (χ4n) is 3.33. The summed E-state index contributed by atoms with van der Waals surface area (Å²) >= 11 is 0. The molecule has 2 N–H and O–H groups in total. The average Bonchev–Trinajstić information content (AvgIpc) is 2.96. The first-order chi connectivity index (χ1) is 13.0. The maximum atomic E-state index is 13.2. The number of rotatable bonds is 8. The van der Waals surface area contributed by atoms with Crippen LogP contribution in [0.25, 0.3) is 0 Å². The van der Waals surface area contributed by atoms with Gasteiger partial charge in [0.15, 0.2) is 5.96 Å². The van der Waals surface area contributed by atoms with Gasteiger partial charge in [0, 0.05) is 31.4 Å². The number of aryl methyl sites for hydroxylation is 3. The lowest BCUT2D eigenvalue weighted by Crippen LogP contribution is -2.38. The Morgan fingerprint density at radius 2 is 1.93 bits per heavy atom. The first-order valence-electron chi connectivity index (χ1n) is 9.80. The summed E-state index contributed by atoms with van der Waals surface area (Å²) in [4.78, 5) is 4.76. The van der Waals surface area contributed by atoms with Crippen LogP contribution in [0.5, 0.6) is 0 Å². The van der Waals surface area contributed by atoms with Crippen molar-refractivity contribution < 1.29 is 4.39 Å². The van der Waals surface area contributed by atoms with Crippen LogP contribution in [0.3, 0.4) is 0 Å². The van der Waals surface area contributed by atoms with Crippen molar-refractivity contribution >= 4 is 29.9 Å². The van der Waals surface area contributed by atoms with Crippen molar-refractivity contribution in [3.63, 3.8) is 0 Å². The molecular weight excluding hydrogens is 468 g/mol. The highest BCUT2D eigenvalue weighted by atomic mass is 127. The lowest BCUT2D eigenvalue weighted by atomic mass is 10.1. The summed E-state index contributed by atoms with van der Waals surface area (Å²) < 4.78 is 15.2. The van der Waals surface area contributed by atoms with E-state index in [4.69, 9.17) is 4.99 Å². The topological polar surface area (TPSA) is 54.2 Å². The highest BCUT2D eigenvalue weighted by molar-refractivity contribution is 14.0. The van der Waals surface area contributed by atoms with E-state index in [0.717, 1.165) is 55.1 Å². The van der Waals surface area contributed by atoms with Crippen molar-refractivity contribution in [1.29, 1.82) is 0 Å². The molecule has 0 aliphatic rings. The zero-order valence-corrected chi connectivity index (χ0v) is 19.9. The van der Waals surface area contributed by atoms with Crippen LogP contribution in [-0.4, -0.2) is 28.8 Å². The highest BCUT2D eigenvalue weighted by Crippen LogP contribution is 2.16. The third-order valence-corrected chi connectivity index (χ3v) is 4.76. The number of hydrogen-bond donors (Lipinski definition) is 2. The molecule has 2 aromatic rings. The summed E-state index contributed by atoms with van der Waals surface area (Å²) in [6.07, 6.45) is 2.68. The summed E-state index contributed by atoms with van der Waals surface area (Å²) in [7, 11) is 2.00. The molecular formula is C21H33FIN5. The Labute approximate surface area is 185 Å². The Bertz CT molecular complexity index is 785. The van der Waals surface area contributed by atoms with Crippen LogP contribution in [0.1, 0.15) is 48.8 Å². The van der Waals surface area contributed by atoms with E-state index in [1.807, 2.05) is 24.7 Å². The van der Waals surface area contributed by atoms with Crippen molar-refractivity contribution in [2.24, 2.45) is 12.0 Å². The number of nitrogens with zero attached hydrogens (tertiary/aromatic N) is 3. The first kappa shape index (κ1) is 24.4. The Morgan fingerprint density at radius 3 is 2.54 bits per heavy atom. The minimum absolute atomic E-state index is 0. The Kier molecular flexibility index (Phi) is 10.5. The van der Waals surface area contributed by atoms with E-state index >= 15 is 0 Å². The highest BCUT2D eigenvalue weighted by Gasteiger charge is 2.13. The van der Waals surface area contributed by atoms with E-state index in [-0.39, 0.29) is 29.8 Å². The molecule has 28 heavy (non-hydrogen) atoms. The fraction of sp³-hybridized carbons (Fsp3) is 0.524. The molecule has 7 heteroatoms. The molecule has 1 aromatic carbocycles. The van der Waals surface area contributed by atoms with Crippen LogP contribution in [0.4, 0.5) is 4.39 Å². The summed E-state index contributed by atoms with van der Waals surface area (Å²) in [5.41, 5.74) is 5.72. The van der Waals surface area contributed by atoms with E-state index in [1.165, 1.54) is 17.3 Å². The molecule has 0 aliphatic heterocycles. The third-order valence-electron chi connectivity index (χ3n) is 4.76. The molecule has 0 fully saturated rings. The molecule has 1 aromatic heterocycles. The van der Waals surface area contributed by atoms with Crippen LogP contribution >= 0.6 is 24.0 Å². The van der Waals surface area contributed by atoms with E-state index in [9.17, 15) is 4.39 Å². The quantitative estimate of drug-likeness (QED) is 0.328. The van der Waals surface area contributed by atoms with Gasteiger partial charge in [-0.3, -0.25) is 4.68 Å². The second kappa shape index (κ2) is 12.0. The van der Waals surface area contributed by atoms with Gasteiger partial charge in [-0.1, -0.05) is 19.9 Å². The second-order valence-corrected chi connectivity index (χ2v) is 6.65. The zero-order valence-electron chi connectivity index (χ0n) is 17.6.